The molecule has 220 valence electrons. The average molecular weight is 572 g/mol. The van der Waals surface area contributed by atoms with Crippen LogP contribution in [0.3, 0.4) is 0 Å². The molecule has 41 heavy (non-hydrogen) atoms. The molecule has 3 N–H and O–H groups in total. The van der Waals surface area contributed by atoms with Crippen molar-refractivity contribution in [2.24, 2.45) is 0 Å². The Morgan fingerprint density at radius 3 is 1.93 bits per heavy atom. The van der Waals surface area contributed by atoms with Gasteiger partial charge in [-0.2, -0.15) is 13.2 Å². The van der Waals surface area contributed by atoms with Crippen LogP contribution in [-0.4, -0.2) is 64.2 Å². The Labute approximate surface area is 238 Å². The van der Waals surface area contributed by atoms with Gasteiger partial charge >= 0.3 is 12.1 Å². The Bertz CT molecular complexity index is 1280. The van der Waals surface area contributed by atoms with Crippen LogP contribution in [0.2, 0.25) is 0 Å². The Kier molecular flexibility index (Phi) is 11.7. The number of benzene rings is 3. The molecule has 0 aromatic heterocycles. The molecule has 0 spiro atoms. The number of carboxylic acids is 1. The van der Waals surface area contributed by atoms with Crippen molar-refractivity contribution in [2.45, 2.75) is 45.5 Å². The average Bonchev–Trinajstić information content (AvgIpc) is 3.14. The van der Waals surface area contributed by atoms with Gasteiger partial charge in [-0.05, 0) is 79.0 Å². The van der Waals surface area contributed by atoms with Gasteiger partial charge in [0.1, 0.15) is 5.75 Å². The number of phenolic OH excluding ortho intramolecular Hbond substituents is 1. The molecule has 0 saturated carbocycles. The quantitative estimate of drug-likeness (QED) is 0.310. The fraction of sp³-hybridized carbons (Fsp3) is 0.355. The van der Waals surface area contributed by atoms with Gasteiger partial charge in [-0.1, -0.05) is 49.7 Å². The third-order valence-electron chi connectivity index (χ3n) is 6.59. The molecule has 0 radical (unpaired) electrons. The van der Waals surface area contributed by atoms with Gasteiger partial charge in [0, 0.05) is 37.4 Å². The number of nitrogens with zero attached hydrogens (tertiary/aromatic N) is 2. The van der Waals surface area contributed by atoms with E-state index in [1.807, 2.05) is 42.5 Å². The lowest BCUT2D eigenvalue weighted by Crippen LogP contribution is -2.30. The van der Waals surface area contributed by atoms with Gasteiger partial charge in [-0.3, -0.25) is 14.6 Å². The minimum Gasteiger partial charge on any atom is -0.508 e. The molecule has 7 nitrogen and oxygen atoms in total. The van der Waals surface area contributed by atoms with Crippen molar-refractivity contribution in [2.75, 3.05) is 31.5 Å². The molecule has 1 aliphatic heterocycles. The number of amides is 1. The number of phenols is 1. The molecule has 0 unspecified atom stereocenters. The maximum absolute atomic E-state index is 12.8. The van der Waals surface area contributed by atoms with E-state index in [1.165, 1.54) is 5.56 Å². The normalized spacial score (nSPS) is 14.4. The van der Waals surface area contributed by atoms with E-state index in [9.17, 15) is 23.1 Å². The molecule has 1 amide bonds. The largest absolute Gasteiger partial charge is 0.508 e. The predicted molar refractivity (Wildman–Crippen MR) is 152 cm³/mol. The van der Waals surface area contributed by atoms with Crippen LogP contribution < -0.4 is 5.32 Å². The minimum atomic E-state index is -5.08. The number of nitrogens with one attached hydrogen (secondary N) is 1. The van der Waals surface area contributed by atoms with Crippen LogP contribution in [0, 0.1) is 0 Å². The van der Waals surface area contributed by atoms with Gasteiger partial charge in [-0.15, -0.1) is 0 Å². The van der Waals surface area contributed by atoms with E-state index < -0.39 is 12.1 Å². The molecule has 1 aliphatic rings. The molecule has 1 heterocycles. The van der Waals surface area contributed by atoms with Gasteiger partial charge < -0.3 is 15.5 Å². The lowest BCUT2D eigenvalue weighted by Gasteiger charge is -2.22. The van der Waals surface area contributed by atoms with Crippen molar-refractivity contribution < 1.29 is 33.0 Å². The van der Waals surface area contributed by atoms with E-state index >= 15 is 0 Å². The molecule has 4 rings (SSSR count). The summed E-state index contributed by atoms with van der Waals surface area (Å²) >= 11 is 0. The number of aliphatic carboxylic acids is 1. The Hall–Kier alpha value is -3.89. The molecule has 0 bridgehead atoms. The summed E-state index contributed by atoms with van der Waals surface area (Å²) in [5.74, 6) is -2.50. The lowest BCUT2D eigenvalue weighted by molar-refractivity contribution is -0.192. The molecular formula is C31H36F3N3O4. The predicted octanol–water partition coefficient (Wildman–Crippen LogP) is 5.94. The zero-order chi connectivity index (χ0) is 29.8. The van der Waals surface area contributed by atoms with Crippen LogP contribution in [0.25, 0.3) is 0 Å². The number of halogens is 3. The van der Waals surface area contributed by atoms with E-state index in [-0.39, 0.29) is 5.91 Å². The Morgan fingerprint density at radius 1 is 0.829 bits per heavy atom. The van der Waals surface area contributed by atoms with Crippen LogP contribution in [0.4, 0.5) is 18.9 Å². The van der Waals surface area contributed by atoms with Gasteiger partial charge in [-0.25, -0.2) is 4.79 Å². The summed E-state index contributed by atoms with van der Waals surface area (Å²) in [7, 11) is 0. The number of aryl methyl sites for hydroxylation is 1. The van der Waals surface area contributed by atoms with E-state index in [0.717, 1.165) is 75.3 Å². The standard InChI is InChI=1S/C29H35N3O2.C2HF3O2/c1-2-6-23-11-13-27(14-12-23)30-29(34)26-9-3-7-24(19-26)21-31-15-5-16-32(18-17-31)22-25-8-4-10-28(33)20-25;3-2(4,5)1(6)7/h3-4,7-14,19-20,33H,2,5-6,15-18,21-22H2,1H3,(H,30,34);(H,6,7). The molecule has 0 atom stereocenters. The zero-order valence-corrected chi connectivity index (χ0v) is 23.0. The zero-order valence-electron chi connectivity index (χ0n) is 23.0. The smallest absolute Gasteiger partial charge is 0.490 e. The molecule has 1 saturated heterocycles. The number of carbonyl (C=O) groups is 2. The summed E-state index contributed by atoms with van der Waals surface area (Å²) in [6.07, 6.45) is -1.81. The first-order valence-electron chi connectivity index (χ1n) is 13.6. The van der Waals surface area contributed by atoms with Crippen molar-refractivity contribution >= 4 is 17.6 Å². The van der Waals surface area contributed by atoms with E-state index in [2.05, 4.69) is 46.3 Å². The van der Waals surface area contributed by atoms with Crippen molar-refractivity contribution in [1.29, 1.82) is 0 Å². The van der Waals surface area contributed by atoms with Crippen molar-refractivity contribution in [1.82, 2.24) is 9.80 Å². The van der Waals surface area contributed by atoms with Gasteiger partial charge in [0.2, 0.25) is 0 Å². The lowest BCUT2D eigenvalue weighted by atomic mass is 10.1. The van der Waals surface area contributed by atoms with Gasteiger partial charge in [0.05, 0.1) is 0 Å². The monoisotopic (exact) mass is 571 g/mol. The van der Waals surface area contributed by atoms with E-state index in [1.54, 1.807) is 6.07 Å². The number of alkyl halides is 3. The summed E-state index contributed by atoms with van der Waals surface area (Å²) in [6.45, 7) is 7.93. The van der Waals surface area contributed by atoms with E-state index in [4.69, 9.17) is 9.90 Å². The second-order valence-electron chi connectivity index (χ2n) is 9.98. The number of aromatic hydroxyl groups is 1. The number of hydrogen-bond donors (Lipinski definition) is 3. The third kappa shape index (κ3) is 10.9. The highest BCUT2D eigenvalue weighted by atomic mass is 19.4. The van der Waals surface area contributed by atoms with Crippen LogP contribution >= 0.6 is 0 Å². The summed E-state index contributed by atoms with van der Waals surface area (Å²) in [5.41, 5.74) is 5.12. The van der Waals surface area contributed by atoms with Crippen LogP contribution in [0.1, 0.15) is 46.8 Å². The first-order valence-corrected chi connectivity index (χ1v) is 13.6. The number of hydrogen-bond acceptors (Lipinski definition) is 5. The minimum absolute atomic E-state index is 0.0711. The molecule has 3 aromatic carbocycles. The van der Waals surface area contributed by atoms with E-state index in [0.29, 0.717) is 11.3 Å². The highest BCUT2D eigenvalue weighted by Gasteiger charge is 2.38. The SMILES string of the molecule is CCCc1ccc(NC(=O)c2cccc(CN3CCCN(Cc4cccc(O)c4)CC3)c2)cc1.O=C(O)C(F)(F)F. The topological polar surface area (TPSA) is 93.1 Å². The van der Waals surface area contributed by atoms with Gasteiger partial charge in [0.15, 0.2) is 0 Å². The highest BCUT2D eigenvalue weighted by Crippen LogP contribution is 2.17. The highest BCUT2D eigenvalue weighted by molar-refractivity contribution is 6.04. The molecule has 10 heteroatoms. The second-order valence-corrected chi connectivity index (χ2v) is 9.98. The first kappa shape index (κ1) is 31.6. The number of carbonyl (C=O) groups excluding carboxylic acids is 1. The maximum Gasteiger partial charge on any atom is 0.490 e. The third-order valence-corrected chi connectivity index (χ3v) is 6.59. The van der Waals surface area contributed by atoms with Crippen LogP contribution in [-0.2, 0) is 24.3 Å². The molecule has 0 aliphatic carbocycles. The number of rotatable bonds is 8. The van der Waals surface area contributed by atoms with Crippen molar-refractivity contribution in [3.63, 3.8) is 0 Å². The second kappa shape index (κ2) is 15.2. The summed E-state index contributed by atoms with van der Waals surface area (Å²) in [5, 5.41) is 19.9. The Morgan fingerprint density at radius 2 is 1.39 bits per heavy atom. The Balaban J connectivity index is 0.000000587. The summed E-state index contributed by atoms with van der Waals surface area (Å²) < 4.78 is 31.7. The maximum atomic E-state index is 12.8. The number of carboxylic acid groups (broad SMARTS) is 1. The van der Waals surface area contributed by atoms with Crippen molar-refractivity contribution in [3.05, 3.63) is 95.1 Å². The molecular weight excluding hydrogens is 535 g/mol. The fourth-order valence-corrected chi connectivity index (χ4v) is 4.57. The van der Waals surface area contributed by atoms with Gasteiger partial charge in [0.25, 0.3) is 5.91 Å². The summed E-state index contributed by atoms with van der Waals surface area (Å²) in [6, 6.07) is 23.6. The van der Waals surface area contributed by atoms with Crippen LogP contribution in [0.15, 0.2) is 72.8 Å². The van der Waals surface area contributed by atoms with Crippen LogP contribution in [0.5, 0.6) is 5.75 Å². The fourth-order valence-electron chi connectivity index (χ4n) is 4.57. The molecule has 1 fully saturated rings. The summed E-state index contributed by atoms with van der Waals surface area (Å²) in [4.78, 5) is 26.6. The molecule has 3 aromatic rings. The van der Waals surface area contributed by atoms with Crippen molar-refractivity contribution in [3.8, 4) is 5.75 Å². The first-order chi connectivity index (χ1) is 19.5. The number of anilines is 1.